The van der Waals surface area contributed by atoms with Gasteiger partial charge in [-0.3, -0.25) is 0 Å². The molecule has 0 atom stereocenters. The largest absolute Gasteiger partial charge is 0.506 e. The number of hydrogen-bond acceptors (Lipinski definition) is 5. The maximum Gasteiger partial charge on any atom is 0.492 e. The summed E-state index contributed by atoms with van der Waals surface area (Å²) in [6.07, 6.45) is 1.28. The van der Waals surface area contributed by atoms with E-state index in [9.17, 15) is 9.90 Å². The van der Waals surface area contributed by atoms with Crippen LogP contribution in [-0.4, -0.2) is 36.1 Å². The predicted molar refractivity (Wildman–Crippen MR) is 122 cm³/mol. The number of phenols is 1. The molecule has 6 nitrogen and oxygen atoms in total. The quantitative estimate of drug-likeness (QED) is 0.615. The molecule has 1 fully saturated rings. The molecule has 0 radical (unpaired) electrons. The Balaban J connectivity index is 1.73. The summed E-state index contributed by atoms with van der Waals surface area (Å²) in [6.45, 7) is 8.18. The maximum atomic E-state index is 12.2. The summed E-state index contributed by atoms with van der Waals surface area (Å²) in [7, 11) is -0.660. The Morgan fingerprint density at radius 1 is 1.13 bits per heavy atom. The van der Waals surface area contributed by atoms with E-state index in [-0.39, 0.29) is 23.9 Å². The van der Waals surface area contributed by atoms with Gasteiger partial charge in [0.05, 0.1) is 16.2 Å². The summed E-state index contributed by atoms with van der Waals surface area (Å²) < 4.78 is 17.6. The van der Waals surface area contributed by atoms with Gasteiger partial charge in [0.2, 0.25) is 0 Å². The van der Waals surface area contributed by atoms with Crippen molar-refractivity contribution in [2.24, 2.45) is 0 Å². The number of benzene rings is 2. The Morgan fingerprint density at radius 3 is 2.39 bits per heavy atom. The summed E-state index contributed by atoms with van der Waals surface area (Å²) in [5.74, 6) is -0.00128. The molecule has 2 aromatic carbocycles. The van der Waals surface area contributed by atoms with E-state index in [0.29, 0.717) is 5.47 Å². The molecule has 2 N–H and O–H groups in total. The van der Waals surface area contributed by atoms with Gasteiger partial charge in [0.1, 0.15) is 12.4 Å². The van der Waals surface area contributed by atoms with Gasteiger partial charge in [-0.15, -0.1) is 0 Å². The number of ether oxygens (including phenoxy) is 1. The van der Waals surface area contributed by atoms with Gasteiger partial charge in [-0.1, -0.05) is 54.1 Å². The van der Waals surface area contributed by atoms with Crippen LogP contribution in [0.1, 0.15) is 38.8 Å². The first-order valence-electron chi connectivity index (χ1n) is 10.1. The zero-order valence-electron chi connectivity index (χ0n) is 18.1. The molecule has 1 amide bonds. The second kappa shape index (κ2) is 9.34. The Morgan fingerprint density at radius 2 is 1.77 bits per heavy atom. The average molecular weight is 444 g/mol. The molecule has 0 aliphatic carbocycles. The van der Waals surface area contributed by atoms with Crippen molar-refractivity contribution in [2.75, 3.05) is 6.54 Å². The second-order valence-corrected chi connectivity index (χ2v) is 8.84. The Kier molecular flexibility index (Phi) is 6.99. The number of alkyl carbamates (subject to hydrolysis) is 1. The van der Waals surface area contributed by atoms with Gasteiger partial charge in [0, 0.05) is 6.54 Å². The molecule has 31 heavy (non-hydrogen) atoms. The van der Waals surface area contributed by atoms with E-state index in [1.807, 2.05) is 64.1 Å². The molecule has 1 aliphatic heterocycles. The Bertz CT molecular complexity index is 946. The molecule has 2 aromatic rings. The fourth-order valence-corrected chi connectivity index (χ4v) is 3.16. The fourth-order valence-electron chi connectivity index (χ4n) is 2.97. The molecular weight excluding hydrogens is 417 g/mol. The lowest BCUT2D eigenvalue weighted by atomic mass is 9.77. The molecular formula is C23H27BClNO5. The van der Waals surface area contributed by atoms with Crippen molar-refractivity contribution < 1.29 is 23.9 Å². The lowest BCUT2D eigenvalue weighted by Gasteiger charge is -2.32. The number of amides is 1. The zero-order chi connectivity index (χ0) is 22.6. The first-order valence-corrected chi connectivity index (χ1v) is 10.4. The number of carbonyl (C=O) groups is 1. The highest BCUT2D eigenvalue weighted by molar-refractivity contribution is 6.56. The van der Waals surface area contributed by atoms with Gasteiger partial charge in [-0.2, -0.15) is 0 Å². The van der Waals surface area contributed by atoms with E-state index in [1.54, 1.807) is 12.1 Å². The molecule has 3 rings (SSSR count). The maximum absolute atomic E-state index is 12.2. The molecule has 0 aromatic heterocycles. The van der Waals surface area contributed by atoms with Crippen molar-refractivity contribution in [2.45, 2.75) is 45.5 Å². The van der Waals surface area contributed by atoms with E-state index in [2.05, 4.69) is 5.32 Å². The standard InChI is InChI=1S/C23H27BClNO5/c1-22(2)23(3,4)31-24(30-22)18(12-17-10-11-20(27)19(25)13-17)14-26-21(28)29-15-16-8-6-5-7-9-16/h5-13,27H,14-15H2,1-4H3,(H,26,28). The molecule has 0 unspecified atom stereocenters. The van der Waals surface area contributed by atoms with E-state index in [1.165, 1.54) is 6.07 Å². The Labute approximate surface area is 188 Å². The van der Waals surface area contributed by atoms with Gasteiger partial charge in [0.25, 0.3) is 0 Å². The third kappa shape index (κ3) is 5.82. The minimum absolute atomic E-state index is 0.00128. The number of hydrogen-bond donors (Lipinski definition) is 2. The third-order valence-electron chi connectivity index (χ3n) is 5.53. The lowest BCUT2D eigenvalue weighted by Crippen LogP contribution is -2.41. The minimum Gasteiger partial charge on any atom is -0.506 e. The highest BCUT2D eigenvalue weighted by atomic mass is 35.5. The van der Waals surface area contributed by atoms with Crippen LogP contribution in [0.15, 0.2) is 54.0 Å². The number of halogens is 1. The van der Waals surface area contributed by atoms with Crippen LogP contribution in [-0.2, 0) is 20.7 Å². The topological polar surface area (TPSA) is 77.0 Å². The van der Waals surface area contributed by atoms with Gasteiger partial charge in [-0.05, 0) is 56.4 Å². The highest BCUT2D eigenvalue weighted by Crippen LogP contribution is 2.39. The first kappa shape index (κ1) is 23.2. The third-order valence-corrected chi connectivity index (χ3v) is 5.83. The zero-order valence-corrected chi connectivity index (χ0v) is 18.9. The number of rotatable bonds is 6. The summed E-state index contributed by atoms with van der Waals surface area (Å²) in [6, 6.07) is 14.3. The number of phenolic OH excluding ortho intramolecular Hbond substituents is 1. The normalized spacial score (nSPS) is 17.5. The molecule has 1 aliphatic rings. The molecule has 0 bridgehead atoms. The van der Waals surface area contributed by atoms with Crippen LogP contribution in [0.25, 0.3) is 6.08 Å². The van der Waals surface area contributed by atoms with Crippen LogP contribution in [0, 0.1) is 0 Å². The van der Waals surface area contributed by atoms with Crippen molar-refractivity contribution in [3.05, 3.63) is 70.2 Å². The van der Waals surface area contributed by atoms with Gasteiger partial charge in [0.15, 0.2) is 0 Å². The van der Waals surface area contributed by atoms with Crippen molar-refractivity contribution >= 4 is 30.9 Å². The minimum atomic E-state index is -0.660. The first-order chi connectivity index (χ1) is 14.6. The second-order valence-electron chi connectivity index (χ2n) is 8.43. The number of nitrogens with one attached hydrogen (secondary N) is 1. The molecule has 164 valence electrons. The van der Waals surface area contributed by atoms with E-state index in [4.69, 9.17) is 25.6 Å². The van der Waals surface area contributed by atoms with E-state index in [0.717, 1.165) is 11.1 Å². The predicted octanol–water partition coefficient (Wildman–Crippen LogP) is 4.99. The average Bonchev–Trinajstić information content (AvgIpc) is 2.94. The molecule has 1 heterocycles. The fraction of sp³-hybridized carbons (Fsp3) is 0.348. The summed E-state index contributed by atoms with van der Waals surface area (Å²) in [5.41, 5.74) is 1.27. The van der Waals surface area contributed by atoms with Crippen LogP contribution in [0.5, 0.6) is 5.75 Å². The van der Waals surface area contributed by atoms with Crippen LogP contribution < -0.4 is 5.32 Å². The smallest absolute Gasteiger partial charge is 0.492 e. The van der Waals surface area contributed by atoms with E-state index < -0.39 is 24.4 Å². The van der Waals surface area contributed by atoms with Gasteiger partial charge >= 0.3 is 13.2 Å². The Hall–Kier alpha value is -2.48. The molecule has 0 saturated carbocycles. The van der Waals surface area contributed by atoms with Crippen LogP contribution in [0.3, 0.4) is 0 Å². The van der Waals surface area contributed by atoms with Crippen molar-refractivity contribution in [3.63, 3.8) is 0 Å². The molecule has 1 saturated heterocycles. The monoisotopic (exact) mass is 443 g/mol. The van der Waals surface area contributed by atoms with Crippen molar-refractivity contribution in [1.29, 1.82) is 0 Å². The highest BCUT2D eigenvalue weighted by Gasteiger charge is 2.52. The molecule has 8 heteroatoms. The SMILES string of the molecule is CC1(C)OB(C(=Cc2ccc(O)c(Cl)c2)CNC(=O)OCc2ccccc2)OC1(C)C. The number of aromatic hydroxyl groups is 1. The van der Waals surface area contributed by atoms with Gasteiger partial charge in [-0.25, -0.2) is 4.79 Å². The number of carbonyl (C=O) groups excluding carboxylic acids is 1. The van der Waals surface area contributed by atoms with Gasteiger partial charge < -0.3 is 24.5 Å². The van der Waals surface area contributed by atoms with E-state index >= 15 is 0 Å². The van der Waals surface area contributed by atoms with Crippen molar-refractivity contribution in [1.82, 2.24) is 5.32 Å². The summed E-state index contributed by atoms with van der Waals surface area (Å²) in [5, 5.41) is 12.7. The van der Waals surface area contributed by atoms with Crippen LogP contribution in [0.4, 0.5) is 4.79 Å². The van der Waals surface area contributed by atoms with Crippen molar-refractivity contribution in [3.8, 4) is 5.75 Å². The summed E-state index contributed by atoms with van der Waals surface area (Å²) in [4.78, 5) is 12.2. The summed E-state index contributed by atoms with van der Waals surface area (Å²) >= 11 is 6.04. The molecule has 0 spiro atoms. The van der Waals surface area contributed by atoms with Crippen LogP contribution in [0.2, 0.25) is 5.02 Å². The van der Waals surface area contributed by atoms with Crippen LogP contribution >= 0.6 is 11.6 Å². The lowest BCUT2D eigenvalue weighted by molar-refractivity contribution is 0.00578.